The second-order valence-electron chi connectivity index (χ2n) is 6.52. The highest BCUT2D eigenvalue weighted by atomic mass is 32.2. The summed E-state index contributed by atoms with van der Waals surface area (Å²) in [6.07, 6.45) is 0. The van der Waals surface area contributed by atoms with E-state index in [-0.39, 0.29) is 23.5 Å². The van der Waals surface area contributed by atoms with E-state index in [4.69, 9.17) is 22.4 Å². The lowest BCUT2D eigenvalue weighted by Crippen LogP contribution is -2.29. The fourth-order valence-electron chi connectivity index (χ4n) is 3.23. The Morgan fingerprint density at radius 1 is 1.16 bits per heavy atom. The van der Waals surface area contributed by atoms with Gasteiger partial charge >= 0.3 is 0 Å². The van der Waals surface area contributed by atoms with Crippen LogP contribution in [0.25, 0.3) is 21.3 Å². The largest absolute Gasteiger partial charge is 0.382 e. The molecular weight excluding hydrogens is 476 g/mol. The van der Waals surface area contributed by atoms with Gasteiger partial charge in [0.05, 0.1) is 20.9 Å². The van der Waals surface area contributed by atoms with Crippen LogP contribution in [0.1, 0.15) is 5.56 Å². The molecule has 12 nitrogen and oxygen atoms in total. The molecule has 1 heterocycles. The lowest BCUT2D eigenvalue weighted by molar-refractivity contribution is 0.583. The number of nitrogens with zero attached hydrogens (tertiary/aromatic N) is 2. The highest BCUT2D eigenvalue weighted by Gasteiger charge is 2.31. The van der Waals surface area contributed by atoms with Gasteiger partial charge in [-0.2, -0.15) is 0 Å². The maximum Gasteiger partial charge on any atom is 0.240 e. The minimum absolute atomic E-state index is 0.213. The maximum atomic E-state index is 12.8. The van der Waals surface area contributed by atoms with Crippen molar-refractivity contribution in [1.82, 2.24) is 10.5 Å². The lowest BCUT2D eigenvalue weighted by atomic mass is 9.98. The highest BCUT2D eigenvalue weighted by Crippen LogP contribution is 2.38. The molecular formula is C17H22N8O4S3. The lowest BCUT2D eigenvalue weighted by Gasteiger charge is -2.17. The molecule has 0 radical (unpaired) electrons. The number of thiazole rings is 1. The molecule has 15 heteroatoms. The first-order chi connectivity index (χ1) is 15.0. The number of amidine groups is 1. The summed E-state index contributed by atoms with van der Waals surface area (Å²) in [5.74, 6) is 4.38. The molecule has 0 aliphatic rings. The third-order valence-electron chi connectivity index (χ3n) is 4.49. The Labute approximate surface area is 188 Å². The summed E-state index contributed by atoms with van der Waals surface area (Å²) in [5, 5.41) is 12.7. The Morgan fingerprint density at radius 3 is 2.47 bits per heavy atom. The summed E-state index contributed by atoms with van der Waals surface area (Å²) < 4.78 is 51.7. The zero-order valence-corrected chi connectivity index (χ0v) is 19.3. The van der Waals surface area contributed by atoms with E-state index in [1.54, 1.807) is 19.2 Å². The molecule has 0 bridgehead atoms. The number of hydrazine groups is 1. The first-order valence-corrected chi connectivity index (χ1v) is 13.1. The number of anilines is 1. The molecule has 32 heavy (non-hydrogen) atoms. The number of para-hydroxylation sites is 1. The number of sulfonamides is 1. The SMILES string of the molecule is CNc1nc2c(-c3ccc(S(=O)(=O)CCN)c(S(N)(=O)=O)c3/C(N)=N/NN)cccc2s1. The summed E-state index contributed by atoms with van der Waals surface area (Å²) in [6, 6.07) is 7.89. The molecule has 2 aromatic carbocycles. The smallest absolute Gasteiger partial charge is 0.240 e. The molecule has 0 fully saturated rings. The van der Waals surface area contributed by atoms with E-state index in [1.807, 2.05) is 11.6 Å². The molecule has 0 saturated heterocycles. The zero-order valence-electron chi connectivity index (χ0n) is 16.9. The van der Waals surface area contributed by atoms with Gasteiger partial charge in [-0.05, 0) is 17.7 Å². The highest BCUT2D eigenvalue weighted by molar-refractivity contribution is 7.93. The van der Waals surface area contributed by atoms with Crippen molar-refractivity contribution in [3.8, 4) is 11.1 Å². The zero-order chi connectivity index (χ0) is 23.7. The van der Waals surface area contributed by atoms with E-state index < -0.39 is 35.4 Å². The molecule has 0 aliphatic carbocycles. The molecule has 0 saturated carbocycles. The molecule has 1 aromatic heterocycles. The molecule has 10 N–H and O–H groups in total. The molecule has 0 aliphatic heterocycles. The van der Waals surface area contributed by atoms with Gasteiger partial charge in [-0.3, -0.25) is 0 Å². The number of nitrogens with one attached hydrogen (secondary N) is 2. The Bertz CT molecular complexity index is 1420. The van der Waals surface area contributed by atoms with E-state index in [2.05, 4.69) is 15.4 Å². The summed E-state index contributed by atoms with van der Waals surface area (Å²) in [4.78, 5) is 3.30. The predicted molar refractivity (Wildman–Crippen MR) is 125 cm³/mol. The van der Waals surface area contributed by atoms with Crippen molar-refractivity contribution >= 4 is 52.4 Å². The van der Waals surface area contributed by atoms with E-state index in [0.29, 0.717) is 16.2 Å². The minimum atomic E-state index is -4.59. The van der Waals surface area contributed by atoms with Crippen LogP contribution in [-0.2, 0) is 19.9 Å². The Morgan fingerprint density at radius 2 is 1.88 bits per heavy atom. The first-order valence-electron chi connectivity index (χ1n) is 9.04. The number of hydrazone groups is 1. The fourth-order valence-corrected chi connectivity index (χ4v) is 6.85. The van der Waals surface area contributed by atoms with Crippen LogP contribution in [-0.4, -0.2) is 47.0 Å². The monoisotopic (exact) mass is 498 g/mol. The van der Waals surface area contributed by atoms with Gasteiger partial charge in [-0.25, -0.2) is 38.3 Å². The van der Waals surface area contributed by atoms with Crippen LogP contribution in [0.4, 0.5) is 5.13 Å². The standard InChI is InChI=1S/C17H22N8O4S3/c1-22-17-23-14-10(3-2-4-11(14)30-17)9-5-6-12(31(26,27)8-7-18)15(32(21,28)29)13(9)16(19)24-25-20/h2-6,25H,7-8,18,20H2,1H3,(H2,19,24)(H,22,23)(H2,21,28,29). The van der Waals surface area contributed by atoms with Gasteiger partial charge in [0.2, 0.25) is 10.0 Å². The fraction of sp³-hybridized carbons (Fsp3) is 0.176. The van der Waals surface area contributed by atoms with Gasteiger partial charge in [0.25, 0.3) is 0 Å². The summed E-state index contributed by atoms with van der Waals surface area (Å²) in [5.41, 5.74) is 14.5. The van der Waals surface area contributed by atoms with Crippen molar-refractivity contribution in [2.75, 3.05) is 24.7 Å². The average molecular weight is 499 g/mol. The number of benzene rings is 2. The molecule has 0 unspecified atom stereocenters. The normalized spacial score (nSPS) is 12.8. The topological polar surface area (TPSA) is 222 Å². The number of rotatable bonds is 8. The maximum absolute atomic E-state index is 12.8. The van der Waals surface area contributed by atoms with Crippen LogP contribution < -0.4 is 33.3 Å². The van der Waals surface area contributed by atoms with Gasteiger partial charge in [0, 0.05) is 24.7 Å². The Balaban J connectivity index is 2.52. The van der Waals surface area contributed by atoms with Gasteiger partial charge in [-0.1, -0.05) is 29.5 Å². The van der Waals surface area contributed by atoms with E-state index in [1.165, 1.54) is 17.4 Å². The average Bonchev–Trinajstić information content (AvgIpc) is 3.15. The number of sulfone groups is 1. The van der Waals surface area contributed by atoms with Crippen molar-refractivity contribution in [3.63, 3.8) is 0 Å². The van der Waals surface area contributed by atoms with Crippen LogP contribution in [0, 0.1) is 0 Å². The Hall–Kier alpha value is -2.82. The van der Waals surface area contributed by atoms with Crippen molar-refractivity contribution in [2.45, 2.75) is 9.79 Å². The van der Waals surface area contributed by atoms with Crippen molar-refractivity contribution < 1.29 is 16.8 Å². The van der Waals surface area contributed by atoms with Crippen molar-refractivity contribution in [2.24, 2.45) is 27.6 Å². The summed E-state index contributed by atoms with van der Waals surface area (Å²) in [6.45, 7) is -0.220. The third-order valence-corrected chi connectivity index (χ3v) is 8.44. The number of hydrogen-bond donors (Lipinski definition) is 6. The molecule has 0 spiro atoms. The number of hydrogen-bond acceptors (Lipinski definition) is 11. The van der Waals surface area contributed by atoms with Crippen LogP contribution in [0.2, 0.25) is 0 Å². The molecule has 3 aromatic rings. The Kier molecular flexibility index (Phi) is 6.68. The van der Waals surface area contributed by atoms with Gasteiger partial charge in [-0.15, -0.1) is 5.10 Å². The van der Waals surface area contributed by atoms with Crippen LogP contribution >= 0.6 is 11.3 Å². The van der Waals surface area contributed by atoms with Crippen LogP contribution in [0.3, 0.4) is 0 Å². The molecule has 0 atom stereocenters. The molecule has 0 amide bonds. The van der Waals surface area contributed by atoms with Crippen molar-refractivity contribution in [3.05, 3.63) is 35.9 Å². The van der Waals surface area contributed by atoms with Crippen LogP contribution in [0.5, 0.6) is 0 Å². The van der Waals surface area contributed by atoms with E-state index in [0.717, 1.165) is 10.8 Å². The number of aromatic nitrogens is 1. The van der Waals surface area contributed by atoms with Gasteiger partial charge in [0.1, 0.15) is 4.90 Å². The second kappa shape index (κ2) is 8.97. The van der Waals surface area contributed by atoms with Gasteiger partial charge in [0.15, 0.2) is 20.8 Å². The van der Waals surface area contributed by atoms with E-state index >= 15 is 0 Å². The molecule has 3 rings (SSSR count). The molecule has 172 valence electrons. The van der Waals surface area contributed by atoms with Crippen LogP contribution in [0.15, 0.2) is 45.2 Å². The van der Waals surface area contributed by atoms with Crippen molar-refractivity contribution in [1.29, 1.82) is 0 Å². The number of nitrogens with two attached hydrogens (primary N) is 4. The third kappa shape index (κ3) is 4.38. The summed E-state index contributed by atoms with van der Waals surface area (Å²) >= 11 is 1.39. The minimum Gasteiger partial charge on any atom is -0.382 e. The summed E-state index contributed by atoms with van der Waals surface area (Å²) in [7, 11) is -6.98. The quantitative estimate of drug-likeness (QED) is 0.101. The number of primary sulfonamides is 1. The number of fused-ring (bicyclic) bond motifs is 1. The second-order valence-corrected chi connectivity index (χ2v) is 11.1. The van der Waals surface area contributed by atoms with E-state index in [9.17, 15) is 16.8 Å². The predicted octanol–water partition coefficient (Wildman–Crippen LogP) is -0.532. The first kappa shape index (κ1) is 23.8. The van der Waals surface area contributed by atoms with Gasteiger partial charge < -0.3 is 16.8 Å².